The van der Waals surface area contributed by atoms with E-state index >= 15 is 0 Å². The Balaban J connectivity index is 1.74. The van der Waals surface area contributed by atoms with E-state index in [1.165, 1.54) is 44.5 Å². The Kier molecular flexibility index (Phi) is 4.25. The van der Waals surface area contributed by atoms with Crippen molar-refractivity contribution in [1.29, 1.82) is 0 Å². The van der Waals surface area contributed by atoms with Crippen LogP contribution in [0.2, 0.25) is 0 Å². The number of fused-ring (bicyclic) bond motifs is 1. The van der Waals surface area contributed by atoms with Crippen molar-refractivity contribution in [2.75, 3.05) is 11.4 Å². The normalized spacial score (nSPS) is 26.1. The van der Waals surface area contributed by atoms with Gasteiger partial charge in [0.2, 0.25) is 0 Å². The third-order valence-electron chi connectivity index (χ3n) is 4.77. The first-order valence-corrected chi connectivity index (χ1v) is 8.20. The van der Waals surface area contributed by atoms with Gasteiger partial charge in [0.05, 0.1) is 5.69 Å². The predicted molar refractivity (Wildman–Crippen MR) is 83.9 cm³/mol. The molecule has 2 heterocycles. The highest BCUT2D eigenvalue weighted by atomic mass is 15.2. The van der Waals surface area contributed by atoms with Gasteiger partial charge in [-0.25, -0.2) is 4.98 Å². The van der Waals surface area contributed by atoms with Crippen molar-refractivity contribution in [2.45, 2.75) is 64.6 Å². The highest BCUT2D eigenvalue weighted by Gasteiger charge is 2.35. The zero-order valence-corrected chi connectivity index (χ0v) is 12.8. The number of piperidine rings is 1. The molecule has 2 atom stereocenters. The topological polar surface area (TPSA) is 28.2 Å². The number of hydrogen-bond donors (Lipinski definition) is 1. The third kappa shape index (κ3) is 2.98. The Hall–Kier alpha value is -1.09. The first-order valence-electron chi connectivity index (χ1n) is 8.20. The van der Waals surface area contributed by atoms with Gasteiger partial charge < -0.3 is 10.2 Å². The zero-order valence-electron chi connectivity index (χ0n) is 12.8. The fourth-order valence-corrected chi connectivity index (χ4v) is 3.77. The molecule has 0 bridgehead atoms. The molecule has 3 rings (SSSR count). The van der Waals surface area contributed by atoms with Gasteiger partial charge in [0.1, 0.15) is 5.82 Å². The lowest BCUT2D eigenvalue weighted by molar-refractivity contribution is 0.360. The first-order chi connectivity index (χ1) is 9.74. The molecule has 1 saturated carbocycles. The molecule has 1 aromatic rings. The maximum absolute atomic E-state index is 4.89. The highest BCUT2D eigenvalue weighted by molar-refractivity contribution is 5.42. The Labute approximate surface area is 122 Å². The molecule has 2 fully saturated rings. The molecule has 0 amide bonds. The number of aromatic nitrogens is 1. The van der Waals surface area contributed by atoms with Gasteiger partial charge in [0, 0.05) is 25.2 Å². The molecule has 0 aromatic carbocycles. The molecule has 1 aliphatic carbocycles. The summed E-state index contributed by atoms with van der Waals surface area (Å²) in [6.07, 6.45) is 6.95. The second-order valence-electron chi connectivity index (χ2n) is 6.62. The summed E-state index contributed by atoms with van der Waals surface area (Å²) in [7, 11) is 0. The van der Waals surface area contributed by atoms with Gasteiger partial charge in [-0.15, -0.1) is 0 Å². The summed E-state index contributed by atoms with van der Waals surface area (Å²) in [5.41, 5.74) is 1.16. The summed E-state index contributed by atoms with van der Waals surface area (Å²) in [6, 6.07) is 7.76. The van der Waals surface area contributed by atoms with Crippen LogP contribution >= 0.6 is 0 Å². The van der Waals surface area contributed by atoms with Gasteiger partial charge in [-0.05, 0) is 43.7 Å². The molecule has 3 nitrogen and oxygen atoms in total. The van der Waals surface area contributed by atoms with Crippen LogP contribution in [0.15, 0.2) is 18.2 Å². The van der Waals surface area contributed by atoms with Gasteiger partial charge in [0.25, 0.3) is 0 Å². The minimum atomic E-state index is 0.509. The second kappa shape index (κ2) is 6.13. The standard InChI is InChI=1S/C17H27N3/c1-13(2)18-12-15-8-4-10-17(19-15)20-11-5-7-14-6-3-9-16(14)20/h4,8,10,13-14,16,18H,3,5-7,9,11-12H2,1-2H3. The van der Waals surface area contributed by atoms with Gasteiger partial charge in [0.15, 0.2) is 0 Å². The average molecular weight is 273 g/mol. The minimum Gasteiger partial charge on any atom is -0.353 e. The number of nitrogens with one attached hydrogen (secondary N) is 1. The van der Waals surface area contributed by atoms with Gasteiger partial charge >= 0.3 is 0 Å². The van der Waals surface area contributed by atoms with Crippen LogP contribution in [0.25, 0.3) is 0 Å². The zero-order chi connectivity index (χ0) is 13.9. The Bertz CT molecular complexity index is 444. The largest absolute Gasteiger partial charge is 0.353 e. The number of nitrogens with zero attached hydrogens (tertiary/aromatic N) is 2. The van der Waals surface area contributed by atoms with Crippen molar-refractivity contribution in [3.8, 4) is 0 Å². The Morgan fingerprint density at radius 1 is 1.25 bits per heavy atom. The molecule has 110 valence electrons. The lowest BCUT2D eigenvalue weighted by Gasteiger charge is -2.38. The Morgan fingerprint density at radius 2 is 2.10 bits per heavy atom. The molecular weight excluding hydrogens is 246 g/mol. The molecule has 2 unspecified atom stereocenters. The van der Waals surface area contributed by atoms with E-state index in [-0.39, 0.29) is 0 Å². The van der Waals surface area contributed by atoms with Crippen LogP contribution in [0.3, 0.4) is 0 Å². The molecule has 0 spiro atoms. The smallest absolute Gasteiger partial charge is 0.129 e. The molecule has 1 saturated heterocycles. The molecule has 2 aliphatic rings. The molecule has 1 aromatic heterocycles. The van der Waals surface area contributed by atoms with Crippen LogP contribution < -0.4 is 10.2 Å². The van der Waals surface area contributed by atoms with E-state index in [1.54, 1.807) is 0 Å². The van der Waals surface area contributed by atoms with Gasteiger partial charge in [-0.2, -0.15) is 0 Å². The Morgan fingerprint density at radius 3 is 2.95 bits per heavy atom. The molecule has 0 radical (unpaired) electrons. The van der Waals surface area contributed by atoms with Crippen LogP contribution in [0.4, 0.5) is 5.82 Å². The maximum Gasteiger partial charge on any atom is 0.129 e. The summed E-state index contributed by atoms with van der Waals surface area (Å²) in [6.45, 7) is 6.41. The summed E-state index contributed by atoms with van der Waals surface area (Å²) < 4.78 is 0. The lowest BCUT2D eigenvalue weighted by Crippen LogP contribution is -2.43. The van der Waals surface area contributed by atoms with Crippen molar-refractivity contribution < 1.29 is 0 Å². The van der Waals surface area contributed by atoms with Crippen LogP contribution in [-0.2, 0) is 6.54 Å². The van der Waals surface area contributed by atoms with Crippen LogP contribution in [0.1, 0.15) is 51.6 Å². The molecule has 20 heavy (non-hydrogen) atoms. The molecule has 1 N–H and O–H groups in total. The fourth-order valence-electron chi connectivity index (χ4n) is 3.77. The number of rotatable bonds is 4. The van der Waals surface area contributed by atoms with E-state index in [2.05, 4.69) is 42.3 Å². The van der Waals surface area contributed by atoms with E-state index in [9.17, 15) is 0 Å². The summed E-state index contributed by atoms with van der Waals surface area (Å²) in [4.78, 5) is 7.48. The van der Waals surface area contributed by atoms with Crippen molar-refractivity contribution >= 4 is 5.82 Å². The van der Waals surface area contributed by atoms with Crippen molar-refractivity contribution in [2.24, 2.45) is 5.92 Å². The van der Waals surface area contributed by atoms with Crippen molar-refractivity contribution in [3.63, 3.8) is 0 Å². The minimum absolute atomic E-state index is 0.509. The second-order valence-corrected chi connectivity index (χ2v) is 6.62. The van der Waals surface area contributed by atoms with Crippen LogP contribution in [0.5, 0.6) is 0 Å². The predicted octanol–water partition coefficient (Wildman–Crippen LogP) is 3.35. The summed E-state index contributed by atoms with van der Waals surface area (Å²) >= 11 is 0. The third-order valence-corrected chi connectivity index (χ3v) is 4.77. The molecule has 3 heteroatoms. The van der Waals surface area contributed by atoms with E-state index in [0.29, 0.717) is 6.04 Å². The first kappa shape index (κ1) is 13.9. The van der Waals surface area contributed by atoms with E-state index in [4.69, 9.17) is 4.98 Å². The lowest BCUT2D eigenvalue weighted by atomic mass is 9.92. The monoisotopic (exact) mass is 273 g/mol. The number of hydrogen-bond acceptors (Lipinski definition) is 3. The summed E-state index contributed by atoms with van der Waals surface area (Å²) in [5, 5.41) is 3.46. The number of anilines is 1. The van der Waals surface area contributed by atoms with Crippen molar-refractivity contribution in [1.82, 2.24) is 10.3 Å². The highest BCUT2D eigenvalue weighted by Crippen LogP contribution is 2.38. The van der Waals surface area contributed by atoms with E-state index in [0.717, 1.165) is 24.2 Å². The van der Waals surface area contributed by atoms with Crippen LogP contribution in [-0.4, -0.2) is 23.6 Å². The number of pyridine rings is 1. The fraction of sp³-hybridized carbons (Fsp3) is 0.706. The molecular formula is C17H27N3. The van der Waals surface area contributed by atoms with Crippen molar-refractivity contribution in [3.05, 3.63) is 23.9 Å². The maximum atomic E-state index is 4.89. The van der Waals surface area contributed by atoms with E-state index in [1.807, 2.05) is 0 Å². The van der Waals surface area contributed by atoms with Gasteiger partial charge in [-0.3, -0.25) is 0 Å². The quantitative estimate of drug-likeness (QED) is 0.912. The average Bonchev–Trinajstić information content (AvgIpc) is 2.93. The van der Waals surface area contributed by atoms with Crippen LogP contribution in [0, 0.1) is 5.92 Å². The molecule has 1 aliphatic heterocycles. The van der Waals surface area contributed by atoms with Gasteiger partial charge in [-0.1, -0.05) is 26.3 Å². The summed E-state index contributed by atoms with van der Waals surface area (Å²) in [5.74, 6) is 2.12. The SMILES string of the molecule is CC(C)NCc1cccc(N2CCCC3CCCC32)n1. The van der Waals surface area contributed by atoms with E-state index < -0.39 is 0 Å².